The quantitative estimate of drug-likeness (QED) is 0.547. The molecule has 0 fully saturated rings. The van der Waals surface area contributed by atoms with E-state index in [4.69, 9.17) is 4.74 Å². The molecular formula is C17H26O3. The van der Waals surface area contributed by atoms with E-state index in [-0.39, 0.29) is 11.9 Å². The molecule has 2 unspecified atom stereocenters. The van der Waals surface area contributed by atoms with Crippen LogP contribution >= 0.6 is 0 Å². The number of allylic oxidation sites excluding steroid dienone is 3. The van der Waals surface area contributed by atoms with Crippen LogP contribution in [0.3, 0.4) is 0 Å². The molecule has 0 aromatic carbocycles. The third kappa shape index (κ3) is 5.72. The zero-order valence-corrected chi connectivity index (χ0v) is 13.1. The Bertz CT molecular complexity index is 418. The Morgan fingerprint density at radius 2 is 2.20 bits per heavy atom. The van der Waals surface area contributed by atoms with Crippen molar-refractivity contribution in [1.29, 1.82) is 0 Å². The highest BCUT2D eigenvalue weighted by Crippen LogP contribution is 2.29. The van der Waals surface area contributed by atoms with E-state index >= 15 is 0 Å². The van der Waals surface area contributed by atoms with Gasteiger partial charge in [-0.25, -0.2) is 0 Å². The van der Waals surface area contributed by atoms with Gasteiger partial charge in [-0.1, -0.05) is 18.6 Å². The molecule has 1 rings (SSSR count). The van der Waals surface area contributed by atoms with Gasteiger partial charge in [0.2, 0.25) is 0 Å². The predicted molar refractivity (Wildman–Crippen MR) is 80.3 cm³/mol. The maximum absolute atomic E-state index is 12.0. The molecule has 0 bridgehead atoms. The van der Waals surface area contributed by atoms with Crippen molar-refractivity contribution in [3.8, 4) is 0 Å². The van der Waals surface area contributed by atoms with Gasteiger partial charge in [0.1, 0.15) is 6.61 Å². The Balaban J connectivity index is 2.36. The van der Waals surface area contributed by atoms with Crippen molar-refractivity contribution < 1.29 is 14.3 Å². The van der Waals surface area contributed by atoms with E-state index in [1.807, 2.05) is 19.9 Å². The number of hydrogen-bond acceptors (Lipinski definition) is 3. The molecule has 2 atom stereocenters. The van der Waals surface area contributed by atoms with Gasteiger partial charge < -0.3 is 4.74 Å². The van der Waals surface area contributed by atoms with Crippen LogP contribution in [0.2, 0.25) is 0 Å². The number of rotatable bonds is 6. The monoisotopic (exact) mass is 278 g/mol. The lowest BCUT2D eigenvalue weighted by Gasteiger charge is -2.25. The zero-order valence-electron chi connectivity index (χ0n) is 13.1. The molecule has 0 heterocycles. The van der Waals surface area contributed by atoms with Gasteiger partial charge in [-0.2, -0.15) is 0 Å². The minimum Gasteiger partial charge on any atom is -0.461 e. The van der Waals surface area contributed by atoms with Gasteiger partial charge in [0.05, 0.1) is 0 Å². The molecule has 0 aromatic rings. The van der Waals surface area contributed by atoms with E-state index < -0.39 is 0 Å². The molecule has 112 valence electrons. The van der Waals surface area contributed by atoms with Gasteiger partial charge in [0, 0.05) is 12.8 Å². The van der Waals surface area contributed by atoms with Crippen LogP contribution in [0, 0.1) is 11.8 Å². The standard InChI is InChI=1S/C17H26O3/c1-12-8-9-16(17(19)10-12)14(3)7-5-6-13(2)11-20-15(4)18/h6,10,14,16H,5,7-9,11H2,1-4H3. The second-order valence-corrected chi connectivity index (χ2v) is 5.92. The Morgan fingerprint density at radius 3 is 2.80 bits per heavy atom. The van der Waals surface area contributed by atoms with Gasteiger partial charge in [-0.05, 0) is 57.1 Å². The van der Waals surface area contributed by atoms with Crippen LogP contribution in [0.5, 0.6) is 0 Å². The Labute approximate surface area is 122 Å². The van der Waals surface area contributed by atoms with Crippen molar-refractivity contribution in [2.75, 3.05) is 6.61 Å². The third-order valence-electron chi connectivity index (χ3n) is 3.91. The number of ether oxygens (including phenoxy) is 1. The molecule has 0 radical (unpaired) electrons. The molecule has 0 amide bonds. The van der Waals surface area contributed by atoms with Gasteiger partial charge in [-0.15, -0.1) is 0 Å². The fraction of sp³-hybridized carbons (Fsp3) is 0.647. The molecule has 3 heteroatoms. The van der Waals surface area contributed by atoms with E-state index in [2.05, 4.69) is 13.0 Å². The number of carbonyl (C=O) groups excluding carboxylic acids is 2. The summed E-state index contributed by atoms with van der Waals surface area (Å²) in [7, 11) is 0. The number of carbonyl (C=O) groups is 2. The number of esters is 1. The first kappa shape index (κ1) is 16.7. The number of ketones is 1. The number of hydrogen-bond donors (Lipinski definition) is 0. The van der Waals surface area contributed by atoms with Gasteiger partial charge >= 0.3 is 5.97 Å². The maximum Gasteiger partial charge on any atom is 0.302 e. The lowest BCUT2D eigenvalue weighted by molar-refractivity contribution is -0.140. The first-order valence-electron chi connectivity index (χ1n) is 7.40. The summed E-state index contributed by atoms with van der Waals surface area (Å²) in [5.41, 5.74) is 2.27. The molecule has 0 saturated carbocycles. The minimum absolute atomic E-state index is 0.181. The first-order valence-corrected chi connectivity index (χ1v) is 7.40. The van der Waals surface area contributed by atoms with Crippen molar-refractivity contribution in [3.63, 3.8) is 0 Å². The molecule has 0 aliphatic heterocycles. The smallest absolute Gasteiger partial charge is 0.302 e. The molecule has 1 aliphatic rings. The van der Waals surface area contributed by atoms with Crippen LogP contribution in [0.4, 0.5) is 0 Å². The largest absolute Gasteiger partial charge is 0.461 e. The van der Waals surface area contributed by atoms with E-state index in [0.29, 0.717) is 18.3 Å². The Morgan fingerprint density at radius 1 is 1.50 bits per heavy atom. The van der Waals surface area contributed by atoms with E-state index in [1.165, 1.54) is 12.5 Å². The van der Waals surface area contributed by atoms with E-state index in [0.717, 1.165) is 31.3 Å². The molecule has 0 spiro atoms. The Kier molecular flexibility index (Phi) is 6.69. The second kappa shape index (κ2) is 8.03. The molecule has 0 aromatic heterocycles. The van der Waals surface area contributed by atoms with Crippen LogP contribution in [-0.4, -0.2) is 18.4 Å². The normalized spacial score (nSPS) is 21.4. The third-order valence-corrected chi connectivity index (χ3v) is 3.91. The highest BCUT2D eigenvalue weighted by Gasteiger charge is 2.25. The first-order chi connectivity index (χ1) is 9.40. The summed E-state index contributed by atoms with van der Waals surface area (Å²) < 4.78 is 4.94. The van der Waals surface area contributed by atoms with Crippen molar-refractivity contribution in [2.24, 2.45) is 11.8 Å². The summed E-state index contributed by atoms with van der Waals surface area (Å²) in [6.45, 7) is 7.94. The maximum atomic E-state index is 12.0. The summed E-state index contributed by atoms with van der Waals surface area (Å²) >= 11 is 0. The van der Waals surface area contributed by atoms with Gasteiger partial charge in [0.15, 0.2) is 5.78 Å². The van der Waals surface area contributed by atoms with Crippen molar-refractivity contribution in [2.45, 2.75) is 53.4 Å². The average Bonchev–Trinajstić information content (AvgIpc) is 2.36. The summed E-state index contributed by atoms with van der Waals surface area (Å²) in [6.07, 6.45) is 7.88. The van der Waals surface area contributed by atoms with Crippen LogP contribution in [-0.2, 0) is 14.3 Å². The van der Waals surface area contributed by atoms with Crippen LogP contribution < -0.4 is 0 Å². The predicted octanol–water partition coefficient (Wildman–Crippen LogP) is 3.84. The SMILES string of the molecule is CC(=O)OCC(C)=CCCC(C)C1CCC(C)=CC1=O. The van der Waals surface area contributed by atoms with E-state index in [1.54, 1.807) is 0 Å². The average molecular weight is 278 g/mol. The lowest BCUT2D eigenvalue weighted by atomic mass is 9.79. The van der Waals surface area contributed by atoms with E-state index in [9.17, 15) is 9.59 Å². The summed E-state index contributed by atoms with van der Waals surface area (Å²) in [5, 5.41) is 0. The summed E-state index contributed by atoms with van der Waals surface area (Å²) in [6, 6.07) is 0. The van der Waals surface area contributed by atoms with Crippen LogP contribution in [0.25, 0.3) is 0 Å². The molecule has 1 aliphatic carbocycles. The highest BCUT2D eigenvalue weighted by atomic mass is 16.5. The summed E-state index contributed by atoms with van der Waals surface area (Å²) in [5.74, 6) is 0.633. The minimum atomic E-state index is -0.249. The van der Waals surface area contributed by atoms with Crippen molar-refractivity contribution in [1.82, 2.24) is 0 Å². The highest BCUT2D eigenvalue weighted by molar-refractivity contribution is 5.93. The summed E-state index contributed by atoms with van der Waals surface area (Å²) in [4.78, 5) is 22.7. The topological polar surface area (TPSA) is 43.4 Å². The zero-order chi connectivity index (χ0) is 15.1. The van der Waals surface area contributed by atoms with Gasteiger partial charge in [-0.3, -0.25) is 9.59 Å². The molecule has 3 nitrogen and oxygen atoms in total. The van der Waals surface area contributed by atoms with Crippen LogP contribution in [0.15, 0.2) is 23.3 Å². The molecular weight excluding hydrogens is 252 g/mol. The fourth-order valence-electron chi connectivity index (χ4n) is 2.58. The van der Waals surface area contributed by atoms with Crippen molar-refractivity contribution in [3.05, 3.63) is 23.3 Å². The van der Waals surface area contributed by atoms with Crippen molar-refractivity contribution >= 4 is 11.8 Å². The second-order valence-electron chi connectivity index (χ2n) is 5.92. The molecule has 0 N–H and O–H groups in total. The van der Waals surface area contributed by atoms with Crippen LogP contribution in [0.1, 0.15) is 53.4 Å². The fourth-order valence-corrected chi connectivity index (χ4v) is 2.58. The van der Waals surface area contributed by atoms with Gasteiger partial charge in [0.25, 0.3) is 0 Å². The molecule has 20 heavy (non-hydrogen) atoms. The lowest BCUT2D eigenvalue weighted by Crippen LogP contribution is -2.23. The molecule has 0 saturated heterocycles. The Hall–Kier alpha value is -1.38.